The number of amides is 1. The fraction of sp³-hybridized carbons (Fsp3) is 0.562. The molecule has 1 aliphatic heterocycles. The number of likely N-dealkylation sites (tertiary alicyclic amines) is 1. The second-order valence-corrected chi connectivity index (χ2v) is 5.33. The van der Waals surface area contributed by atoms with Crippen LogP contribution < -0.4 is 10.5 Å². The smallest absolute Gasteiger partial charge is 0.260 e. The van der Waals surface area contributed by atoms with Gasteiger partial charge in [-0.25, -0.2) is 0 Å². The SMILES string of the molecule is CCN(CC)C1CCN(C(=O)COc2ccccc2N)C1. The van der Waals surface area contributed by atoms with Crippen LogP contribution in [0, 0.1) is 0 Å². The van der Waals surface area contributed by atoms with Gasteiger partial charge < -0.3 is 15.4 Å². The maximum atomic E-state index is 12.2. The van der Waals surface area contributed by atoms with Gasteiger partial charge in [-0.05, 0) is 31.6 Å². The third-order valence-corrected chi connectivity index (χ3v) is 4.12. The molecule has 0 bridgehead atoms. The molecule has 5 nitrogen and oxygen atoms in total. The monoisotopic (exact) mass is 291 g/mol. The van der Waals surface area contributed by atoms with Crippen molar-refractivity contribution in [2.24, 2.45) is 0 Å². The van der Waals surface area contributed by atoms with Crippen molar-refractivity contribution in [3.05, 3.63) is 24.3 Å². The lowest BCUT2D eigenvalue weighted by Gasteiger charge is -2.26. The van der Waals surface area contributed by atoms with E-state index in [0.29, 0.717) is 17.5 Å². The zero-order chi connectivity index (χ0) is 15.2. The number of likely N-dealkylation sites (N-methyl/N-ethyl adjacent to an activating group) is 1. The van der Waals surface area contributed by atoms with Crippen LogP contribution in [0.4, 0.5) is 5.69 Å². The largest absolute Gasteiger partial charge is 0.482 e. The fourth-order valence-electron chi connectivity index (χ4n) is 2.85. The molecule has 2 rings (SSSR count). The summed E-state index contributed by atoms with van der Waals surface area (Å²) >= 11 is 0. The molecule has 1 aromatic carbocycles. The van der Waals surface area contributed by atoms with Crippen LogP contribution in [-0.4, -0.2) is 54.5 Å². The zero-order valence-corrected chi connectivity index (χ0v) is 12.9. The summed E-state index contributed by atoms with van der Waals surface area (Å²) < 4.78 is 5.53. The van der Waals surface area contributed by atoms with Crippen LogP contribution in [0.2, 0.25) is 0 Å². The normalized spacial score (nSPS) is 18.2. The minimum atomic E-state index is 0.0351. The standard InChI is InChI=1S/C16H25N3O2/c1-3-18(4-2)13-9-10-19(11-13)16(20)12-21-15-8-6-5-7-14(15)17/h5-8,13H,3-4,9-12,17H2,1-2H3. The molecule has 1 heterocycles. The van der Waals surface area contributed by atoms with Crippen molar-refractivity contribution < 1.29 is 9.53 Å². The molecule has 1 fully saturated rings. The van der Waals surface area contributed by atoms with Crippen molar-refractivity contribution in [3.63, 3.8) is 0 Å². The maximum Gasteiger partial charge on any atom is 0.260 e. The molecule has 0 aromatic heterocycles. The molecule has 116 valence electrons. The third kappa shape index (κ3) is 3.88. The van der Waals surface area contributed by atoms with Crippen LogP contribution >= 0.6 is 0 Å². The molecule has 1 unspecified atom stereocenters. The molecule has 1 amide bonds. The summed E-state index contributed by atoms with van der Waals surface area (Å²) in [6.07, 6.45) is 1.04. The summed E-state index contributed by atoms with van der Waals surface area (Å²) in [5, 5.41) is 0. The van der Waals surface area contributed by atoms with Gasteiger partial charge in [0, 0.05) is 19.1 Å². The fourth-order valence-corrected chi connectivity index (χ4v) is 2.85. The molecule has 0 radical (unpaired) electrons. The molecule has 1 saturated heterocycles. The van der Waals surface area contributed by atoms with Crippen molar-refractivity contribution in [2.75, 3.05) is 38.5 Å². The average molecular weight is 291 g/mol. The van der Waals surface area contributed by atoms with Gasteiger partial charge in [0.2, 0.25) is 0 Å². The van der Waals surface area contributed by atoms with Crippen molar-refractivity contribution >= 4 is 11.6 Å². The highest BCUT2D eigenvalue weighted by atomic mass is 16.5. The number of para-hydroxylation sites is 2. The predicted molar refractivity (Wildman–Crippen MR) is 84.3 cm³/mol. The lowest BCUT2D eigenvalue weighted by Crippen LogP contribution is -2.39. The number of anilines is 1. The molecule has 0 aliphatic carbocycles. The molecule has 1 aromatic rings. The van der Waals surface area contributed by atoms with Crippen molar-refractivity contribution in [1.29, 1.82) is 0 Å². The Bertz CT molecular complexity index is 474. The first-order chi connectivity index (χ1) is 10.2. The predicted octanol–water partition coefficient (Wildman–Crippen LogP) is 1.59. The summed E-state index contributed by atoms with van der Waals surface area (Å²) in [5.41, 5.74) is 6.36. The Morgan fingerprint density at radius 3 is 2.76 bits per heavy atom. The van der Waals surface area contributed by atoms with Gasteiger partial charge in [0.1, 0.15) is 5.75 Å². The van der Waals surface area contributed by atoms with E-state index >= 15 is 0 Å². The highest BCUT2D eigenvalue weighted by Crippen LogP contribution is 2.20. The van der Waals surface area contributed by atoms with E-state index in [2.05, 4.69) is 18.7 Å². The Morgan fingerprint density at radius 1 is 1.38 bits per heavy atom. The molecule has 1 aliphatic rings. The number of ether oxygens (including phenoxy) is 1. The molecular weight excluding hydrogens is 266 g/mol. The topological polar surface area (TPSA) is 58.8 Å². The molecule has 1 atom stereocenters. The van der Waals surface area contributed by atoms with Crippen LogP contribution in [-0.2, 0) is 4.79 Å². The van der Waals surface area contributed by atoms with Gasteiger partial charge in [0.25, 0.3) is 5.91 Å². The van der Waals surface area contributed by atoms with E-state index < -0.39 is 0 Å². The number of nitrogens with zero attached hydrogens (tertiary/aromatic N) is 2. The first kappa shape index (κ1) is 15.6. The van der Waals surface area contributed by atoms with Gasteiger partial charge in [0.05, 0.1) is 5.69 Å². The third-order valence-electron chi connectivity index (χ3n) is 4.12. The van der Waals surface area contributed by atoms with E-state index in [9.17, 15) is 4.79 Å². The summed E-state index contributed by atoms with van der Waals surface area (Å²) in [4.78, 5) is 16.5. The first-order valence-corrected chi connectivity index (χ1v) is 7.64. The number of nitrogens with two attached hydrogens (primary N) is 1. The van der Waals surface area contributed by atoms with Crippen LogP contribution in [0.25, 0.3) is 0 Å². The molecule has 5 heteroatoms. The van der Waals surface area contributed by atoms with Crippen LogP contribution in [0.15, 0.2) is 24.3 Å². The molecule has 0 saturated carbocycles. The second-order valence-electron chi connectivity index (χ2n) is 5.33. The number of rotatable bonds is 6. The first-order valence-electron chi connectivity index (χ1n) is 7.64. The summed E-state index contributed by atoms with van der Waals surface area (Å²) in [6.45, 7) is 8.05. The van der Waals surface area contributed by atoms with Crippen LogP contribution in [0.3, 0.4) is 0 Å². The summed E-state index contributed by atoms with van der Waals surface area (Å²) in [7, 11) is 0. The van der Waals surface area contributed by atoms with Gasteiger partial charge in [-0.3, -0.25) is 9.69 Å². The van der Waals surface area contributed by atoms with Crippen molar-refractivity contribution in [2.45, 2.75) is 26.3 Å². The summed E-state index contributed by atoms with van der Waals surface area (Å²) in [6, 6.07) is 7.73. The lowest BCUT2D eigenvalue weighted by molar-refractivity contribution is -0.132. The second kappa shape index (κ2) is 7.31. The minimum Gasteiger partial charge on any atom is -0.482 e. The Hall–Kier alpha value is -1.75. The Morgan fingerprint density at radius 2 is 2.10 bits per heavy atom. The number of carbonyl (C=O) groups is 1. The van der Waals surface area contributed by atoms with Gasteiger partial charge in [-0.15, -0.1) is 0 Å². The van der Waals surface area contributed by atoms with E-state index in [1.165, 1.54) is 0 Å². The Kier molecular flexibility index (Phi) is 5.44. The highest BCUT2D eigenvalue weighted by molar-refractivity contribution is 5.78. The van der Waals surface area contributed by atoms with E-state index in [4.69, 9.17) is 10.5 Å². The van der Waals surface area contributed by atoms with E-state index in [0.717, 1.165) is 32.6 Å². The molecule has 2 N–H and O–H groups in total. The molecular formula is C16H25N3O2. The number of hydrogen-bond acceptors (Lipinski definition) is 4. The van der Waals surface area contributed by atoms with E-state index in [1.54, 1.807) is 12.1 Å². The van der Waals surface area contributed by atoms with Crippen LogP contribution in [0.1, 0.15) is 20.3 Å². The quantitative estimate of drug-likeness (QED) is 0.809. The average Bonchev–Trinajstić information content (AvgIpc) is 2.97. The van der Waals surface area contributed by atoms with Crippen molar-refractivity contribution in [3.8, 4) is 5.75 Å². The zero-order valence-electron chi connectivity index (χ0n) is 12.9. The number of benzene rings is 1. The van der Waals surface area contributed by atoms with E-state index in [-0.39, 0.29) is 12.5 Å². The Labute approximate surface area is 126 Å². The number of nitrogen functional groups attached to an aromatic ring is 1. The van der Waals surface area contributed by atoms with Crippen LogP contribution in [0.5, 0.6) is 5.75 Å². The van der Waals surface area contributed by atoms with Gasteiger partial charge in [-0.1, -0.05) is 26.0 Å². The van der Waals surface area contributed by atoms with E-state index in [1.807, 2.05) is 17.0 Å². The van der Waals surface area contributed by atoms with Crippen molar-refractivity contribution in [1.82, 2.24) is 9.80 Å². The highest BCUT2D eigenvalue weighted by Gasteiger charge is 2.29. The maximum absolute atomic E-state index is 12.2. The van der Waals surface area contributed by atoms with Gasteiger partial charge >= 0.3 is 0 Å². The number of carbonyl (C=O) groups excluding carboxylic acids is 1. The summed E-state index contributed by atoms with van der Waals surface area (Å²) in [5.74, 6) is 0.609. The van der Waals surface area contributed by atoms with Gasteiger partial charge in [0.15, 0.2) is 6.61 Å². The molecule has 0 spiro atoms. The lowest BCUT2D eigenvalue weighted by atomic mass is 10.2. The Balaban J connectivity index is 1.84. The van der Waals surface area contributed by atoms with Gasteiger partial charge in [-0.2, -0.15) is 0 Å². The molecule has 21 heavy (non-hydrogen) atoms. The minimum absolute atomic E-state index is 0.0351. The number of hydrogen-bond donors (Lipinski definition) is 1.